The lowest BCUT2D eigenvalue weighted by Crippen LogP contribution is -2.15. The zero-order valence-corrected chi connectivity index (χ0v) is 11.9. The van der Waals surface area contributed by atoms with E-state index < -0.39 is 6.10 Å². The summed E-state index contributed by atoms with van der Waals surface area (Å²) in [5.74, 6) is 0.791. The third-order valence-corrected chi connectivity index (χ3v) is 3.11. The first-order valence-electron chi connectivity index (χ1n) is 6.58. The molecule has 0 saturated carbocycles. The van der Waals surface area contributed by atoms with Crippen molar-refractivity contribution in [2.75, 3.05) is 0 Å². The average molecular weight is 263 g/mol. The van der Waals surface area contributed by atoms with E-state index in [9.17, 15) is 5.11 Å². The standard InChI is InChI=1S/C13H21N5O/c1-9(2)17-8-14-6-11(17)12(19)5-13-15-7-16-18(13)10(3)4/h6-10,12,19H,5H2,1-4H3. The van der Waals surface area contributed by atoms with Crippen LogP contribution in [0.3, 0.4) is 0 Å². The van der Waals surface area contributed by atoms with Gasteiger partial charge in [0.25, 0.3) is 0 Å². The lowest BCUT2D eigenvalue weighted by Gasteiger charge is -2.17. The van der Waals surface area contributed by atoms with Crippen molar-refractivity contribution in [1.82, 2.24) is 24.3 Å². The molecule has 1 N–H and O–H groups in total. The van der Waals surface area contributed by atoms with Crippen molar-refractivity contribution in [2.45, 2.75) is 52.3 Å². The Balaban J connectivity index is 2.19. The maximum atomic E-state index is 10.4. The molecule has 2 rings (SSSR count). The highest BCUT2D eigenvalue weighted by atomic mass is 16.3. The molecular formula is C13H21N5O. The van der Waals surface area contributed by atoms with Gasteiger partial charge in [0, 0.05) is 18.5 Å². The molecule has 0 bridgehead atoms. The lowest BCUT2D eigenvalue weighted by molar-refractivity contribution is 0.162. The van der Waals surface area contributed by atoms with E-state index in [1.165, 1.54) is 6.33 Å². The maximum Gasteiger partial charge on any atom is 0.138 e. The molecule has 2 heterocycles. The zero-order chi connectivity index (χ0) is 14.0. The first kappa shape index (κ1) is 13.7. The fourth-order valence-corrected chi connectivity index (χ4v) is 2.13. The smallest absolute Gasteiger partial charge is 0.138 e. The number of aliphatic hydroxyl groups is 1. The van der Waals surface area contributed by atoms with Crippen LogP contribution in [-0.2, 0) is 6.42 Å². The van der Waals surface area contributed by atoms with Gasteiger partial charge in [0.15, 0.2) is 0 Å². The van der Waals surface area contributed by atoms with E-state index in [0.29, 0.717) is 6.42 Å². The van der Waals surface area contributed by atoms with Crippen molar-refractivity contribution in [3.8, 4) is 0 Å². The van der Waals surface area contributed by atoms with Crippen LogP contribution >= 0.6 is 0 Å². The topological polar surface area (TPSA) is 68.8 Å². The Bertz CT molecular complexity index is 529. The Labute approximate surface area is 113 Å². The number of aromatic nitrogens is 5. The minimum Gasteiger partial charge on any atom is -0.386 e. The summed E-state index contributed by atoms with van der Waals surface area (Å²) in [4.78, 5) is 8.34. The van der Waals surface area contributed by atoms with Crippen molar-refractivity contribution in [2.24, 2.45) is 0 Å². The van der Waals surface area contributed by atoms with Crippen LogP contribution < -0.4 is 0 Å². The fraction of sp³-hybridized carbons (Fsp3) is 0.615. The van der Waals surface area contributed by atoms with Gasteiger partial charge in [-0.25, -0.2) is 14.6 Å². The summed E-state index contributed by atoms with van der Waals surface area (Å²) in [5.41, 5.74) is 0.813. The highest BCUT2D eigenvalue weighted by Gasteiger charge is 2.18. The highest BCUT2D eigenvalue weighted by Crippen LogP contribution is 2.21. The van der Waals surface area contributed by atoms with Gasteiger partial charge in [-0.2, -0.15) is 5.10 Å². The predicted molar refractivity (Wildman–Crippen MR) is 71.7 cm³/mol. The maximum absolute atomic E-state index is 10.4. The number of hydrogen-bond donors (Lipinski definition) is 1. The second-order valence-corrected chi connectivity index (χ2v) is 5.25. The van der Waals surface area contributed by atoms with Crippen molar-refractivity contribution >= 4 is 0 Å². The van der Waals surface area contributed by atoms with Crippen LogP contribution in [0.4, 0.5) is 0 Å². The number of rotatable bonds is 5. The molecule has 0 amide bonds. The lowest BCUT2D eigenvalue weighted by atomic mass is 10.1. The Morgan fingerprint density at radius 2 is 1.95 bits per heavy atom. The summed E-state index contributed by atoms with van der Waals surface area (Å²) in [5, 5.41) is 14.6. The first-order valence-corrected chi connectivity index (χ1v) is 6.58. The highest BCUT2D eigenvalue weighted by molar-refractivity contribution is 5.07. The van der Waals surface area contributed by atoms with Gasteiger partial charge >= 0.3 is 0 Å². The normalized spacial score (nSPS) is 13.4. The second kappa shape index (κ2) is 5.52. The molecule has 104 valence electrons. The molecule has 2 aromatic heterocycles. The molecule has 6 nitrogen and oxygen atoms in total. The average Bonchev–Trinajstić information content (AvgIpc) is 2.96. The largest absolute Gasteiger partial charge is 0.386 e. The van der Waals surface area contributed by atoms with Gasteiger partial charge in [-0.3, -0.25) is 0 Å². The van der Waals surface area contributed by atoms with Gasteiger partial charge < -0.3 is 9.67 Å². The molecule has 6 heteroatoms. The summed E-state index contributed by atoms with van der Waals surface area (Å²) in [6.45, 7) is 8.22. The van der Waals surface area contributed by atoms with Gasteiger partial charge in [0.05, 0.1) is 18.2 Å². The van der Waals surface area contributed by atoms with E-state index in [1.807, 2.05) is 23.1 Å². The van der Waals surface area contributed by atoms with E-state index in [0.717, 1.165) is 11.5 Å². The second-order valence-electron chi connectivity index (χ2n) is 5.25. The fourth-order valence-electron chi connectivity index (χ4n) is 2.13. The minimum absolute atomic E-state index is 0.236. The monoisotopic (exact) mass is 263 g/mol. The van der Waals surface area contributed by atoms with Gasteiger partial charge in [-0.05, 0) is 27.7 Å². The van der Waals surface area contributed by atoms with Crippen LogP contribution in [0.15, 0.2) is 18.9 Å². The van der Waals surface area contributed by atoms with Crippen LogP contribution in [-0.4, -0.2) is 29.4 Å². The van der Waals surface area contributed by atoms with Crippen LogP contribution in [0.5, 0.6) is 0 Å². The molecule has 0 aliphatic carbocycles. The van der Waals surface area contributed by atoms with E-state index in [-0.39, 0.29) is 12.1 Å². The van der Waals surface area contributed by atoms with Crippen molar-refractivity contribution in [1.29, 1.82) is 0 Å². The van der Waals surface area contributed by atoms with Crippen molar-refractivity contribution < 1.29 is 5.11 Å². The van der Waals surface area contributed by atoms with Crippen LogP contribution in [0, 0.1) is 0 Å². The summed E-state index contributed by atoms with van der Waals surface area (Å²) in [6, 6.07) is 0.509. The van der Waals surface area contributed by atoms with E-state index in [4.69, 9.17) is 0 Å². The summed E-state index contributed by atoms with van der Waals surface area (Å²) in [7, 11) is 0. The van der Waals surface area contributed by atoms with Gasteiger partial charge in [-0.15, -0.1) is 0 Å². The van der Waals surface area contributed by atoms with E-state index >= 15 is 0 Å². The van der Waals surface area contributed by atoms with Crippen molar-refractivity contribution in [3.63, 3.8) is 0 Å². The number of nitrogens with zero attached hydrogens (tertiary/aromatic N) is 5. The third-order valence-electron chi connectivity index (χ3n) is 3.11. The summed E-state index contributed by atoms with van der Waals surface area (Å²) < 4.78 is 3.81. The van der Waals surface area contributed by atoms with Crippen molar-refractivity contribution in [3.05, 3.63) is 30.4 Å². The minimum atomic E-state index is -0.619. The Morgan fingerprint density at radius 3 is 2.58 bits per heavy atom. The molecule has 0 saturated heterocycles. The van der Waals surface area contributed by atoms with E-state index in [2.05, 4.69) is 28.9 Å². The van der Waals surface area contributed by atoms with Gasteiger partial charge in [0.1, 0.15) is 18.3 Å². The number of hydrogen-bond acceptors (Lipinski definition) is 4. The van der Waals surface area contributed by atoms with Crippen LogP contribution in [0.1, 0.15) is 57.4 Å². The molecule has 0 aliphatic rings. The molecule has 19 heavy (non-hydrogen) atoms. The third kappa shape index (κ3) is 2.84. The first-order chi connectivity index (χ1) is 9.00. The number of imidazole rings is 1. The summed E-state index contributed by atoms with van der Waals surface area (Å²) in [6.07, 6.45) is 4.81. The molecule has 2 aromatic rings. The Morgan fingerprint density at radius 1 is 1.21 bits per heavy atom. The van der Waals surface area contributed by atoms with E-state index in [1.54, 1.807) is 12.5 Å². The predicted octanol–water partition coefficient (Wildman–Crippen LogP) is 1.91. The molecule has 1 unspecified atom stereocenters. The van der Waals surface area contributed by atoms with Crippen LogP contribution in [0.25, 0.3) is 0 Å². The molecule has 0 spiro atoms. The molecule has 0 fully saturated rings. The van der Waals surface area contributed by atoms with Gasteiger partial charge in [0.2, 0.25) is 0 Å². The zero-order valence-electron chi connectivity index (χ0n) is 11.9. The Hall–Kier alpha value is -1.69. The molecular weight excluding hydrogens is 242 g/mol. The van der Waals surface area contributed by atoms with Gasteiger partial charge in [-0.1, -0.05) is 0 Å². The van der Waals surface area contributed by atoms with Crippen LogP contribution in [0.2, 0.25) is 0 Å². The Kier molecular flexibility index (Phi) is 3.99. The number of aliphatic hydroxyl groups excluding tert-OH is 1. The molecule has 1 atom stereocenters. The SMILES string of the molecule is CC(C)n1cncc1C(O)Cc1ncnn1C(C)C. The quantitative estimate of drug-likeness (QED) is 0.894. The summed E-state index contributed by atoms with van der Waals surface area (Å²) >= 11 is 0. The molecule has 0 radical (unpaired) electrons. The molecule has 0 aromatic carbocycles. The molecule has 0 aliphatic heterocycles.